The van der Waals surface area contributed by atoms with Crippen molar-refractivity contribution in [1.29, 1.82) is 0 Å². The fraction of sp³-hybridized carbons (Fsp3) is 0. The number of amides is 1. The number of nitrogens with zero attached hydrogens (tertiary/aromatic N) is 1. The van der Waals surface area contributed by atoms with Gasteiger partial charge >= 0.3 is 0 Å². The van der Waals surface area contributed by atoms with Gasteiger partial charge in [-0.2, -0.15) is 4.39 Å². The Kier molecular flexibility index (Phi) is 3.53. The number of hydrogen-bond donors (Lipinski definition) is 1. The van der Waals surface area contributed by atoms with Gasteiger partial charge in [-0.1, -0.05) is 17.7 Å². The molecule has 1 heterocycles. The molecule has 1 amide bonds. The number of halogens is 3. The summed E-state index contributed by atoms with van der Waals surface area (Å²) in [5.41, 5.74) is -0.181. The molecule has 18 heavy (non-hydrogen) atoms. The highest BCUT2D eigenvalue weighted by molar-refractivity contribution is 6.30. The van der Waals surface area contributed by atoms with Crippen LogP contribution in [0.4, 0.5) is 14.5 Å². The predicted molar refractivity (Wildman–Crippen MR) is 63.6 cm³/mol. The van der Waals surface area contributed by atoms with E-state index in [4.69, 9.17) is 11.6 Å². The Hall–Kier alpha value is -2.01. The van der Waals surface area contributed by atoms with E-state index in [1.807, 2.05) is 0 Å². The summed E-state index contributed by atoms with van der Waals surface area (Å²) in [6.07, 6.45) is 0. The van der Waals surface area contributed by atoms with E-state index >= 15 is 0 Å². The van der Waals surface area contributed by atoms with E-state index in [-0.39, 0.29) is 16.4 Å². The highest BCUT2D eigenvalue weighted by atomic mass is 35.5. The fourth-order valence-corrected chi connectivity index (χ4v) is 1.47. The third-order valence-electron chi connectivity index (χ3n) is 2.13. The second-order valence-electron chi connectivity index (χ2n) is 3.42. The Labute approximate surface area is 106 Å². The van der Waals surface area contributed by atoms with E-state index in [0.717, 1.165) is 12.1 Å². The molecule has 0 fully saturated rings. The second-order valence-corrected chi connectivity index (χ2v) is 3.86. The lowest BCUT2D eigenvalue weighted by molar-refractivity contribution is 0.102. The first-order valence-electron chi connectivity index (χ1n) is 4.95. The molecule has 0 radical (unpaired) electrons. The molecule has 0 saturated carbocycles. The zero-order chi connectivity index (χ0) is 13.1. The summed E-state index contributed by atoms with van der Waals surface area (Å²) in [5.74, 6) is -2.15. The third kappa shape index (κ3) is 2.81. The molecule has 1 aromatic carbocycles. The molecule has 1 N–H and O–H groups in total. The Bertz CT molecular complexity index is 604. The Morgan fingerprint density at radius 2 is 2.00 bits per heavy atom. The van der Waals surface area contributed by atoms with Crippen molar-refractivity contribution in [3.63, 3.8) is 0 Å². The van der Waals surface area contributed by atoms with Gasteiger partial charge in [-0.25, -0.2) is 9.37 Å². The van der Waals surface area contributed by atoms with Crippen molar-refractivity contribution in [3.05, 3.63) is 58.9 Å². The average molecular weight is 269 g/mol. The average Bonchev–Trinajstić information content (AvgIpc) is 2.32. The van der Waals surface area contributed by atoms with E-state index in [1.165, 1.54) is 24.3 Å². The Balaban J connectivity index is 2.21. The van der Waals surface area contributed by atoms with Crippen LogP contribution in [0.25, 0.3) is 0 Å². The summed E-state index contributed by atoms with van der Waals surface area (Å²) < 4.78 is 26.2. The first-order chi connectivity index (χ1) is 8.56. The quantitative estimate of drug-likeness (QED) is 0.850. The molecule has 0 bridgehead atoms. The van der Waals surface area contributed by atoms with E-state index in [2.05, 4.69) is 10.3 Å². The maximum atomic E-state index is 13.4. The summed E-state index contributed by atoms with van der Waals surface area (Å²) in [4.78, 5) is 15.1. The van der Waals surface area contributed by atoms with Gasteiger partial charge < -0.3 is 5.32 Å². The van der Waals surface area contributed by atoms with Crippen LogP contribution < -0.4 is 5.32 Å². The van der Waals surface area contributed by atoms with Gasteiger partial charge in [-0.3, -0.25) is 4.79 Å². The van der Waals surface area contributed by atoms with Crippen LogP contribution >= 0.6 is 11.6 Å². The van der Waals surface area contributed by atoms with Gasteiger partial charge in [-0.15, -0.1) is 0 Å². The minimum atomic E-state index is -0.778. The molecular weight excluding hydrogens is 262 g/mol. The van der Waals surface area contributed by atoms with Crippen molar-refractivity contribution in [2.45, 2.75) is 0 Å². The number of hydrogen-bond acceptors (Lipinski definition) is 2. The van der Waals surface area contributed by atoms with E-state index in [0.29, 0.717) is 0 Å². The number of anilines is 1. The van der Waals surface area contributed by atoms with Crippen LogP contribution in [0.1, 0.15) is 10.5 Å². The van der Waals surface area contributed by atoms with Crippen LogP contribution in [0.2, 0.25) is 5.02 Å². The highest BCUT2D eigenvalue weighted by Crippen LogP contribution is 2.19. The third-order valence-corrected chi connectivity index (χ3v) is 2.36. The first-order valence-corrected chi connectivity index (χ1v) is 5.33. The van der Waals surface area contributed by atoms with Gasteiger partial charge in [0.15, 0.2) is 0 Å². The van der Waals surface area contributed by atoms with Crippen molar-refractivity contribution < 1.29 is 13.6 Å². The second kappa shape index (κ2) is 5.10. The monoisotopic (exact) mass is 268 g/mol. The van der Waals surface area contributed by atoms with Gasteiger partial charge in [0.2, 0.25) is 5.95 Å². The van der Waals surface area contributed by atoms with E-state index in [1.54, 1.807) is 0 Å². The van der Waals surface area contributed by atoms with Gasteiger partial charge in [0.1, 0.15) is 11.5 Å². The molecule has 1 aromatic heterocycles. The molecule has 0 spiro atoms. The summed E-state index contributed by atoms with van der Waals surface area (Å²) in [7, 11) is 0. The van der Waals surface area contributed by atoms with Crippen LogP contribution in [0, 0.1) is 11.8 Å². The van der Waals surface area contributed by atoms with Crippen molar-refractivity contribution >= 4 is 23.2 Å². The number of aromatic nitrogens is 1. The lowest BCUT2D eigenvalue weighted by Gasteiger charge is -2.06. The topological polar surface area (TPSA) is 42.0 Å². The normalized spacial score (nSPS) is 10.2. The number of pyridine rings is 1. The lowest BCUT2D eigenvalue weighted by atomic mass is 10.3. The molecule has 0 aliphatic rings. The Morgan fingerprint density at radius 1 is 1.22 bits per heavy atom. The van der Waals surface area contributed by atoms with E-state index in [9.17, 15) is 13.6 Å². The SMILES string of the molecule is O=C(Nc1ccc(Cl)cc1F)c1cccc(F)n1. The molecule has 0 unspecified atom stereocenters. The van der Waals surface area contributed by atoms with Crippen molar-refractivity contribution in [2.24, 2.45) is 0 Å². The van der Waals surface area contributed by atoms with Gasteiger partial charge in [-0.05, 0) is 30.3 Å². The predicted octanol–water partition coefficient (Wildman–Crippen LogP) is 3.27. The molecule has 2 rings (SSSR count). The van der Waals surface area contributed by atoms with Crippen LogP contribution in [-0.2, 0) is 0 Å². The molecule has 0 aliphatic carbocycles. The molecule has 2 aromatic rings. The minimum absolute atomic E-state index is 0.0459. The number of carbonyl (C=O) groups excluding carboxylic acids is 1. The smallest absolute Gasteiger partial charge is 0.274 e. The molecule has 0 atom stereocenters. The number of carbonyl (C=O) groups is 1. The maximum absolute atomic E-state index is 13.4. The number of rotatable bonds is 2. The molecule has 6 heteroatoms. The maximum Gasteiger partial charge on any atom is 0.274 e. The first kappa shape index (κ1) is 12.4. The van der Waals surface area contributed by atoms with Crippen LogP contribution in [0.3, 0.4) is 0 Å². The van der Waals surface area contributed by atoms with Crippen LogP contribution in [0.15, 0.2) is 36.4 Å². The molecule has 3 nitrogen and oxygen atoms in total. The molecule has 0 aliphatic heterocycles. The van der Waals surface area contributed by atoms with Crippen molar-refractivity contribution in [1.82, 2.24) is 4.98 Å². The fourth-order valence-electron chi connectivity index (χ4n) is 1.31. The largest absolute Gasteiger partial charge is 0.318 e. The summed E-state index contributed by atoms with van der Waals surface area (Å²) in [5, 5.41) is 2.50. The van der Waals surface area contributed by atoms with Gasteiger partial charge in [0.25, 0.3) is 5.91 Å². The van der Waals surface area contributed by atoms with Crippen molar-refractivity contribution in [2.75, 3.05) is 5.32 Å². The minimum Gasteiger partial charge on any atom is -0.318 e. The summed E-state index contributed by atoms with van der Waals surface area (Å²) in [6.45, 7) is 0. The van der Waals surface area contributed by atoms with Gasteiger partial charge in [0.05, 0.1) is 5.69 Å². The lowest BCUT2D eigenvalue weighted by Crippen LogP contribution is -2.15. The van der Waals surface area contributed by atoms with Crippen molar-refractivity contribution in [3.8, 4) is 0 Å². The van der Waals surface area contributed by atoms with Gasteiger partial charge in [0, 0.05) is 5.02 Å². The molecule has 0 saturated heterocycles. The highest BCUT2D eigenvalue weighted by Gasteiger charge is 2.11. The standard InChI is InChI=1S/C12H7ClF2N2O/c13-7-4-5-9(8(14)6-7)17-12(18)10-2-1-3-11(15)16-10/h1-6H,(H,17,18). The number of nitrogens with one attached hydrogen (secondary N) is 1. The molecular formula is C12H7ClF2N2O. The zero-order valence-corrected chi connectivity index (χ0v) is 9.71. The summed E-state index contributed by atoms with van der Waals surface area (Å²) >= 11 is 5.58. The number of benzene rings is 1. The summed E-state index contributed by atoms with van der Waals surface area (Å²) in [6, 6.07) is 7.59. The zero-order valence-electron chi connectivity index (χ0n) is 8.95. The Morgan fingerprint density at radius 3 is 2.67 bits per heavy atom. The van der Waals surface area contributed by atoms with Crippen LogP contribution in [-0.4, -0.2) is 10.9 Å². The van der Waals surface area contributed by atoms with Crippen LogP contribution in [0.5, 0.6) is 0 Å². The molecule has 92 valence electrons. The van der Waals surface area contributed by atoms with E-state index < -0.39 is 17.7 Å².